The van der Waals surface area contributed by atoms with Gasteiger partial charge in [-0.05, 0) is 12.1 Å². The van der Waals surface area contributed by atoms with Crippen molar-refractivity contribution in [3.63, 3.8) is 0 Å². The van der Waals surface area contributed by atoms with Gasteiger partial charge < -0.3 is 20.8 Å². The molecule has 1 aromatic carbocycles. The van der Waals surface area contributed by atoms with Crippen molar-refractivity contribution in [3.05, 3.63) is 35.9 Å². The number of hydrogen-bond donors (Lipinski definition) is 3. The number of anilines is 2. The zero-order chi connectivity index (χ0) is 14.5. The molecule has 1 heterocycles. The number of esters is 1. The number of rotatable bonds is 5. The average molecular weight is 275 g/mol. The van der Waals surface area contributed by atoms with Gasteiger partial charge in [-0.25, -0.2) is 4.79 Å². The quantitative estimate of drug-likeness (QED) is 0.715. The standard InChI is InChI=1S/C13H17N5O2/c1-14-11-10(12(15-2)18(16-3)17-11)20-13(19)9-7-5-4-6-8-9/h4-8,15-16H,1-3H3,(H,14,17). The molecule has 7 heteroatoms. The smallest absolute Gasteiger partial charge is 0.343 e. The molecule has 0 aliphatic rings. The average Bonchev–Trinajstić information content (AvgIpc) is 2.84. The molecule has 0 atom stereocenters. The molecule has 2 rings (SSSR count). The third-order valence-corrected chi connectivity index (χ3v) is 2.73. The SMILES string of the molecule is CNc1nn(NC)c(NC)c1OC(=O)c1ccccc1. The van der Waals surface area contributed by atoms with Crippen molar-refractivity contribution in [2.45, 2.75) is 0 Å². The Hall–Kier alpha value is -2.70. The van der Waals surface area contributed by atoms with Gasteiger partial charge in [0.05, 0.1) is 5.56 Å². The minimum Gasteiger partial charge on any atom is -0.415 e. The van der Waals surface area contributed by atoms with Gasteiger partial charge in [0.25, 0.3) is 0 Å². The fraction of sp³-hybridized carbons (Fsp3) is 0.231. The molecular weight excluding hydrogens is 258 g/mol. The highest BCUT2D eigenvalue weighted by atomic mass is 16.5. The molecule has 2 aromatic rings. The van der Waals surface area contributed by atoms with Crippen molar-refractivity contribution in [1.82, 2.24) is 9.89 Å². The summed E-state index contributed by atoms with van der Waals surface area (Å²) in [5, 5.41) is 10.1. The van der Waals surface area contributed by atoms with E-state index >= 15 is 0 Å². The van der Waals surface area contributed by atoms with Gasteiger partial charge in [0.2, 0.25) is 5.75 Å². The lowest BCUT2D eigenvalue weighted by molar-refractivity contribution is 0.0736. The lowest BCUT2D eigenvalue weighted by Gasteiger charge is -2.08. The Morgan fingerprint density at radius 1 is 1.15 bits per heavy atom. The third-order valence-electron chi connectivity index (χ3n) is 2.73. The summed E-state index contributed by atoms with van der Waals surface area (Å²) in [7, 11) is 5.15. The first-order valence-corrected chi connectivity index (χ1v) is 6.14. The van der Waals surface area contributed by atoms with Crippen LogP contribution in [0.1, 0.15) is 10.4 Å². The van der Waals surface area contributed by atoms with Crippen LogP contribution in [0.3, 0.4) is 0 Å². The fourth-order valence-electron chi connectivity index (χ4n) is 1.77. The molecule has 7 nitrogen and oxygen atoms in total. The van der Waals surface area contributed by atoms with Gasteiger partial charge in [-0.3, -0.25) is 0 Å². The van der Waals surface area contributed by atoms with E-state index in [1.807, 2.05) is 6.07 Å². The molecule has 0 unspecified atom stereocenters. The first kappa shape index (κ1) is 13.7. The van der Waals surface area contributed by atoms with Crippen molar-refractivity contribution < 1.29 is 9.53 Å². The van der Waals surface area contributed by atoms with Crippen molar-refractivity contribution in [2.24, 2.45) is 0 Å². The molecule has 106 valence electrons. The van der Waals surface area contributed by atoms with Gasteiger partial charge in [0.15, 0.2) is 11.6 Å². The first-order valence-electron chi connectivity index (χ1n) is 6.14. The molecule has 0 saturated carbocycles. The molecule has 0 amide bonds. The zero-order valence-corrected chi connectivity index (χ0v) is 11.6. The first-order chi connectivity index (χ1) is 9.71. The van der Waals surface area contributed by atoms with Crippen LogP contribution in [-0.2, 0) is 0 Å². The van der Waals surface area contributed by atoms with Crippen LogP contribution in [0.4, 0.5) is 11.6 Å². The molecule has 0 spiro atoms. The molecule has 0 radical (unpaired) electrons. The maximum absolute atomic E-state index is 12.1. The lowest BCUT2D eigenvalue weighted by atomic mass is 10.2. The van der Waals surface area contributed by atoms with E-state index in [-0.39, 0.29) is 0 Å². The topological polar surface area (TPSA) is 80.2 Å². The second-order valence-electron chi connectivity index (χ2n) is 3.92. The molecule has 0 aliphatic carbocycles. The predicted octanol–water partition coefficient (Wildman–Crippen LogP) is 1.36. The number of hydrogen-bond acceptors (Lipinski definition) is 6. The van der Waals surface area contributed by atoms with Crippen LogP contribution in [-0.4, -0.2) is 37.0 Å². The van der Waals surface area contributed by atoms with E-state index in [0.29, 0.717) is 22.9 Å². The maximum atomic E-state index is 12.1. The minimum absolute atomic E-state index is 0.346. The van der Waals surface area contributed by atoms with Gasteiger partial charge in [0.1, 0.15) is 0 Å². The van der Waals surface area contributed by atoms with E-state index in [1.54, 1.807) is 45.4 Å². The van der Waals surface area contributed by atoms with E-state index in [1.165, 1.54) is 4.79 Å². The largest absolute Gasteiger partial charge is 0.415 e. The summed E-state index contributed by atoms with van der Waals surface area (Å²) in [6.45, 7) is 0. The van der Waals surface area contributed by atoms with Crippen molar-refractivity contribution in [2.75, 3.05) is 37.2 Å². The molecule has 0 fully saturated rings. The Bertz CT molecular complexity index is 594. The van der Waals surface area contributed by atoms with Gasteiger partial charge in [-0.15, -0.1) is 5.10 Å². The van der Waals surface area contributed by atoms with E-state index < -0.39 is 5.97 Å². The molecule has 0 aliphatic heterocycles. The highest BCUT2D eigenvalue weighted by Crippen LogP contribution is 2.32. The number of aromatic nitrogens is 2. The van der Waals surface area contributed by atoms with Gasteiger partial charge in [0, 0.05) is 21.1 Å². The summed E-state index contributed by atoms with van der Waals surface area (Å²) in [5.74, 6) is 0.932. The summed E-state index contributed by atoms with van der Waals surface area (Å²) in [4.78, 5) is 13.6. The van der Waals surface area contributed by atoms with Crippen LogP contribution in [0.5, 0.6) is 5.75 Å². The number of benzene rings is 1. The second kappa shape index (κ2) is 5.96. The van der Waals surface area contributed by atoms with Gasteiger partial charge in [-0.1, -0.05) is 18.2 Å². The molecule has 0 saturated heterocycles. The normalized spacial score (nSPS) is 9.95. The molecule has 0 bridgehead atoms. The lowest BCUT2D eigenvalue weighted by Crippen LogP contribution is -2.14. The highest BCUT2D eigenvalue weighted by Gasteiger charge is 2.21. The maximum Gasteiger partial charge on any atom is 0.343 e. The number of ether oxygens (including phenoxy) is 1. The van der Waals surface area contributed by atoms with Crippen LogP contribution < -0.4 is 20.8 Å². The number of carbonyl (C=O) groups is 1. The van der Waals surface area contributed by atoms with Crippen molar-refractivity contribution >= 4 is 17.6 Å². The van der Waals surface area contributed by atoms with Crippen LogP contribution in [0.25, 0.3) is 0 Å². The highest BCUT2D eigenvalue weighted by molar-refractivity contribution is 5.92. The van der Waals surface area contributed by atoms with Crippen molar-refractivity contribution in [1.29, 1.82) is 0 Å². The number of nitrogens with zero attached hydrogens (tertiary/aromatic N) is 2. The summed E-state index contributed by atoms with van der Waals surface area (Å²) in [6.07, 6.45) is 0. The Morgan fingerprint density at radius 3 is 2.40 bits per heavy atom. The van der Waals surface area contributed by atoms with Crippen LogP contribution >= 0.6 is 0 Å². The van der Waals surface area contributed by atoms with Gasteiger partial charge in [-0.2, -0.15) is 4.79 Å². The van der Waals surface area contributed by atoms with Crippen LogP contribution in [0, 0.1) is 0 Å². The van der Waals surface area contributed by atoms with Crippen molar-refractivity contribution in [3.8, 4) is 5.75 Å². The predicted molar refractivity (Wildman–Crippen MR) is 78.0 cm³/mol. The molecule has 1 aromatic heterocycles. The van der Waals surface area contributed by atoms with E-state index in [9.17, 15) is 4.79 Å². The van der Waals surface area contributed by atoms with Crippen LogP contribution in [0.2, 0.25) is 0 Å². The summed E-state index contributed by atoms with van der Waals surface area (Å²) < 4.78 is 5.44. The third kappa shape index (κ3) is 2.51. The Morgan fingerprint density at radius 2 is 1.85 bits per heavy atom. The van der Waals surface area contributed by atoms with Gasteiger partial charge >= 0.3 is 5.97 Å². The Kier molecular flexibility index (Phi) is 4.09. The Labute approximate surface area is 116 Å². The number of carbonyl (C=O) groups excluding carboxylic acids is 1. The summed E-state index contributed by atoms with van der Waals surface area (Å²) in [6, 6.07) is 8.80. The van der Waals surface area contributed by atoms with E-state index in [2.05, 4.69) is 21.2 Å². The fourth-order valence-corrected chi connectivity index (χ4v) is 1.77. The zero-order valence-electron chi connectivity index (χ0n) is 11.6. The van der Waals surface area contributed by atoms with Crippen LogP contribution in [0.15, 0.2) is 30.3 Å². The minimum atomic E-state index is -0.436. The summed E-state index contributed by atoms with van der Waals surface area (Å²) >= 11 is 0. The van der Waals surface area contributed by atoms with E-state index in [4.69, 9.17) is 4.74 Å². The molecule has 20 heavy (non-hydrogen) atoms. The Balaban J connectivity index is 2.33. The van der Waals surface area contributed by atoms with E-state index in [0.717, 1.165) is 0 Å². The second-order valence-corrected chi connectivity index (χ2v) is 3.92. The molecule has 3 N–H and O–H groups in total. The molecular formula is C13H17N5O2. The summed E-state index contributed by atoms with van der Waals surface area (Å²) in [5.41, 5.74) is 3.35. The monoisotopic (exact) mass is 275 g/mol. The number of nitrogens with one attached hydrogen (secondary N) is 3.